The molecule has 4 nitrogen and oxygen atoms in total. The van der Waals surface area contributed by atoms with Crippen LogP contribution in [0.3, 0.4) is 0 Å². The van der Waals surface area contributed by atoms with Crippen LogP contribution in [-0.4, -0.2) is 50.2 Å². The van der Waals surface area contributed by atoms with Crippen LogP contribution in [0.2, 0.25) is 0 Å². The molecule has 0 radical (unpaired) electrons. The van der Waals surface area contributed by atoms with Crippen molar-refractivity contribution >= 4 is 18.3 Å². The van der Waals surface area contributed by atoms with E-state index in [1.54, 1.807) is 7.05 Å². The molecule has 1 heterocycles. The maximum atomic E-state index is 12.2. The number of ether oxygens (including phenoxy) is 1. The summed E-state index contributed by atoms with van der Waals surface area (Å²) in [5.41, 5.74) is 1.27. The Kier molecular flexibility index (Phi) is 7.59. The van der Waals surface area contributed by atoms with Gasteiger partial charge in [-0.25, -0.2) is 0 Å². The van der Waals surface area contributed by atoms with Crippen molar-refractivity contribution in [1.82, 2.24) is 10.2 Å². The van der Waals surface area contributed by atoms with Gasteiger partial charge in [0, 0.05) is 13.2 Å². The number of halogens is 1. The van der Waals surface area contributed by atoms with Gasteiger partial charge in [0.05, 0.1) is 19.2 Å². The van der Waals surface area contributed by atoms with E-state index in [2.05, 4.69) is 17.4 Å². The molecule has 2 rings (SSSR count). The zero-order valence-corrected chi connectivity index (χ0v) is 12.7. The summed E-state index contributed by atoms with van der Waals surface area (Å²) in [7, 11) is 1.80. The van der Waals surface area contributed by atoms with Crippen LogP contribution < -0.4 is 5.32 Å². The highest BCUT2D eigenvalue weighted by Gasteiger charge is 2.26. The fourth-order valence-corrected chi connectivity index (χ4v) is 2.43. The van der Waals surface area contributed by atoms with Gasteiger partial charge in [0.25, 0.3) is 0 Å². The molecular weight excluding hydrogens is 276 g/mol. The summed E-state index contributed by atoms with van der Waals surface area (Å²) in [5, 5.41) is 2.94. The minimum absolute atomic E-state index is 0. The van der Waals surface area contributed by atoms with Gasteiger partial charge in [-0.1, -0.05) is 30.3 Å². The van der Waals surface area contributed by atoms with Crippen molar-refractivity contribution in [3.63, 3.8) is 0 Å². The second kappa shape index (κ2) is 8.95. The molecule has 0 spiro atoms. The molecule has 1 N–H and O–H groups in total. The Morgan fingerprint density at radius 3 is 2.75 bits per heavy atom. The van der Waals surface area contributed by atoms with Gasteiger partial charge in [0.15, 0.2) is 0 Å². The number of carbonyl (C=O) groups excluding carboxylic acids is 1. The van der Waals surface area contributed by atoms with E-state index in [-0.39, 0.29) is 24.4 Å². The fourth-order valence-electron chi connectivity index (χ4n) is 2.43. The predicted molar refractivity (Wildman–Crippen MR) is 82.3 cm³/mol. The molecule has 0 aromatic heterocycles. The zero-order valence-electron chi connectivity index (χ0n) is 11.9. The van der Waals surface area contributed by atoms with Crippen LogP contribution in [0.1, 0.15) is 12.0 Å². The number of nitrogens with zero attached hydrogens (tertiary/aromatic N) is 1. The second-order valence-corrected chi connectivity index (χ2v) is 4.87. The number of amides is 1. The van der Waals surface area contributed by atoms with Crippen molar-refractivity contribution in [2.75, 3.05) is 33.4 Å². The number of likely N-dealkylation sites (N-methyl/N-ethyl adjacent to an activating group) is 1. The summed E-state index contributed by atoms with van der Waals surface area (Å²) < 4.78 is 5.40. The SMILES string of the molecule is CNCC(=O)N(CCc1ccccc1)C1CCOC1.Cl. The highest BCUT2D eigenvalue weighted by atomic mass is 35.5. The van der Waals surface area contributed by atoms with Crippen molar-refractivity contribution in [2.45, 2.75) is 18.9 Å². The van der Waals surface area contributed by atoms with E-state index in [4.69, 9.17) is 4.74 Å². The van der Waals surface area contributed by atoms with Crippen LogP contribution in [0.15, 0.2) is 30.3 Å². The fraction of sp³-hybridized carbons (Fsp3) is 0.533. The van der Waals surface area contributed by atoms with E-state index < -0.39 is 0 Å². The van der Waals surface area contributed by atoms with E-state index in [0.29, 0.717) is 13.2 Å². The van der Waals surface area contributed by atoms with Crippen LogP contribution in [0, 0.1) is 0 Å². The van der Waals surface area contributed by atoms with Gasteiger partial charge in [-0.3, -0.25) is 4.79 Å². The van der Waals surface area contributed by atoms with E-state index in [9.17, 15) is 4.79 Å². The van der Waals surface area contributed by atoms with Gasteiger partial charge < -0.3 is 15.0 Å². The molecule has 0 saturated carbocycles. The molecule has 1 aromatic rings. The molecule has 1 saturated heterocycles. The van der Waals surface area contributed by atoms with Crippen molar-refractivity contribution in [3.05, 3.63) is 35.9 Å². The largest absolute Gasteiger partial charge is 0.379 e. The Morgan fingerprint density at radius 1 is 1.40 bits per heavy atom. The van der Waals surface area contributed by atoms with E-state index in [1.807, 2.05) is 23.1 Å². The first-order valence-corrected chi connectivity index (χ1v) is 6.87. The summed E-state index contributed by atoms with van der Waals surface area (Å²) in [6.07, 6.45) is 1.84. The number of hydrogen-bond donors (Lipinski definition) is 1. The van der Waals surface area contributed by atoms with Crippen molar-refractivity contribution in [3.8, 4) is 0 Å². The molecule has 1 amide bonds. The molecule has 1 unspecified atom stereocenters. The average Bonchev–Trinajstić information content (AvgIpc) is 2.94. The molecule has 0 bridgehead atoms. The minimum Gasteiger partial charge on any atom is -0.379 e. The van der Waals surface area contributed by atoms with Crippen molar-refractivity contribution < 1.29 is 9.53 Å². The molecular formula is C15H23ClN2O2. The lowest BCUT2D eigenvalue weighted by Gasteiger charge is -2.28. The van der Waals surface area contributed by atoms with Gasteiger partial charge in [0.1, 0.15) is 0 Å². The Labute approximate surface area is 126 Å². The summed E-state index contributed by atoms with van der Waals surface area (Å²) in [4.78, 5) is 14.1. The molecule has 1 aromatic carbocycles. The third-order valence-electron chi connectivity index (χ3n) is 3.48. The lowest BCUT2D eigenvalue weighted by atomic mass is 10.1. The van der Waals surface area contributed by atoms with Crippen LogP contribution in [0.25, 0.3) is 0 Å². The average molecular weight is 299 g/mol. The Bertz CT molecular complexity index is 394. The van der Waals surface area contributed by atoms with Gasteiger partial charge in [-0.2, -0.15) is 0 Å². The zero-order chi connectivity index (χ0) is 13.5. The Morgan fingerprint density at radius 2 is 2.15 bits per heavy atom. The van der Waals surface area contributed by atoms with Crippen molar-refractivity contribution in [2.24, 2.45) is 0 Å². The maximum absolute atomic E-state index is 12.2. The maximum Gasteiger partial charge on any atom is 0.236 e. The molecule has 20 heavy (non-hydrogen) atoms. The highest BCUT2D eigenvalue weighted by Crippen LogP contribution is 2.13. The van der Waals surface area contributed by atoms with Crippen LogP contribution in [-0.2, 0) is 16.0 Å². The van der Waals surface area contributed by atoms with Crippen LogP contribution >= 0.6 is 12.4 Å². The van der Waals surface area contributed by atoms with E-state index in [0.717, 1.165) is 26.0 Å². The monoisotopic (exact) mass is 298 g/mol. The quantitative estimate of drug-likeness (QED) is 0.865. The third-order valence-corrected chi connectivity index (χ3v) is 3.48. The lowest BCUT2D eigenvalue weighted by molar-refractivity contribution is -0.132. The molecule has 112 valence electrons. The third kappa shape index (κ3) is 4.78. The number of hydrogen-bond acceptors (Lipinski definition) is 3. The summed E-state index contributed by atoms with van der Waals surface area (Å²) in [6, 6.07) is 10.5. The topological polar surface area (TPSA) is 41.6 Å². The Balaban J connectivity index is 0.00000200. The van der Waals surface area contributed by atoms with Crippen LogP contribution in [0.4, 0.5) is 0 Å². The molecule has 1 aliphatic rings. The predicted octanol–water partition coefficient (Wildman–Crippen LogP) is 1.49. The van der Waals surface area contributed by atoms with Gasteiger partial charge in [0.2, 0.25) is 5.91 Å². The minimum atomic E-state index is 0. The van der Waals surface area contributed by atoms with Gasteiger partial charge in [-0.15, -0.1) is 12.4 Å². The van der Waals surface area contributed by atoms with Crippen molar-refractivity contribution in [1.29, 1.82) is 0 Å². The number of carbonyl (C=O) groups is 1. The molecule has 5 heteroatoms. The molecule has 1 aliphatic heterocycles. The molecule has 1 atom stereocenters. The highest BCUT2D eigenvalue weighted by molar-refractivity contribution is 5.85. The Hall–Kier alpha value is -1.10. The first-order valence-electron chi connectivity index (χ1n) is 6.87. The first kappa shape index (κ1) is 17.0. The first-order chi connectivity index (χ1) is 9.31. The summed E-state index contributed by atoms with van der Waals surface area (Å²) in [6.45, 7) is 2.59. The summed E-state index contributed by atoms with van der Waals surface area (Å²) in [5.74, 6) is 0.161. The second-order valence-electron chi connectivity index (χ2n) is 4.87. The molecule has 0 aliphatic carbocycles. The smallest absolute Gasteiger partial charge is 0.236 e. The summed E-state index contributed by atoms with van der Waals surface area (Å²) >= 11 is 0. The normalized spacial score (nSPS) is 17.6. The van der Waals surface area contributed by atoms with E-state index >= 15 is 0 Å². The number of rotatable bonds is 6. The number of benzene rings is 1. The lowest BCUT2D eigenvalue weighted by Crippen LogP contribution is -2.45. The number of nitrogens with one attached hydrogen (secondary N) is 1. The van der Waals surface area contributed by atoms with Gasteiger partial charge in [-0.05, 0) is 25.5 Å². The molecule has 1 fully saturated rings. The van der Waals surface area contributed by atoms with Crippen LogP contribution in [0.5, 0.6) is 0 Å². The van der Waals surface area contributed by atoms with Gasteiger partial charge >= 0.3 is 0 Å². The van der Waals surface area contributed by atoms with E-state index in [1.165, 1.54) is 5.56 Å². The standard InChI is InChI=1S/C15H22N2O2.ClH/c1-16-11-15(18)17(14-8-10-19-12-14)9-7-13-5-3-2-4-6-13;/h2-6,14,16H,7-12H2,1H3;1H.